The molecule has 1 heterocycles. The Bertz CT molecular complexity index is 492. The summed E-state index contributed by atoms with van der Waals surface area (Å²) in [6.45, 7) is 2.70. The number of aromatic nitrogens is 1. The van der Waals surface area contributed by atoms with Crippen LogP contribution in [0, 0.1) is 5.82 Å². The third kappa shape index (κ3) is 3.50. The molecule has 1 aliphatic rings. The topological polar surface area (TPSA) is 65.5 Å². The summed E-state index contributed by atoms with van der Waals surface area (Å²) in [7, 11) is 0. The minimum Gasteiger partial charge on any atom is -0.395 e. The van der Waals surface area contributed by atoms with E-state index in [0.717, 1.165) is 25.7 Å². The van der Waals surface area contributed by atoms with Crippen molar-refractivity contribution in [2.24, 2.45) is 0 Å². The van der Waals surface area contributed by atoms with Gasteiger partial charge in [-0.3, -0.25) is 4.79 Å². The van der Waals surface area contributed by atoms with Gasteiger partial charge >= 0.3 is 0 Å². The maximum atomic E-state index is 14.4. The molecule has 1 saturated carbocycles. The number of anilines is 1. The molecule has 0 atom stereocenters. The van der Waals surface area contributed by atoms with Crippen LogP contribution in [0.25, 0.3) is 0 Å². The van der Waals surface area contributed by atoms with Crippen LogP contribution in [0.5, 0.6) is 0 Å². The summed E-state index contributed by atoms with van der Waals surface area (Å²) in [5, 5.41) is 12.0. The predicted molar refractivity (Wildman–Crippen MR) is 78.7 cm³/mol. The number of amides is 1. The minimum atomic E-state index is -0.613. The van der Waals surface area contributed by atoms with Crippen LogP contribution in [-0.4, -0.2) is 46.6 Å². The second-order valence-electron chi connectivity index (χ2n) is 5.25. The fraction of sp³-hybridized carbons (Fsp3) is 0.600. The van der Waals surface area contributed by atoms with Gasteiger partial charge in [-0.25, -0.2) is 9.37 Å². The van der Waals surface area contributed by atoms with Crippen molar-refractivity contribution in [3.8, 4) is 0 Å². The number of hydrogen-bond acceptors (Lipinski definition) is 4. The van der Waals surface area contributed by atoms with E-state index in [2.05, 4.69) is 10.3 Å². The van der Waals surface area contributed by atoms with Crippen LogP contribution in [0.4, 0.5) is 10.2 Å². The highest BCUT2D eigenvalue weighted by Gasteiger charge is 2.30. The van der Waals surface area contributed by atoms with E-state index >= 15 is 0 Å². The SMILES string of the molecule is CCCNc1nccc(C(=O)N(CCO)C2CCC2)c1F. The summed E-state index contributed by atoms with van der Waals surface area (Å²) in [5.41, 5.74) is 0.0175. The number of carbonyl (C=O) groups is 1. The Morgan fingerprint density at radius 3 is 2.90 bits per heavy atom. The molecule has 5 nitrogen and oxygen atoms in total. The van der Waals surface area contributed by atoms with Crippen LogP contribution in [0.2, 0.25) is 0 Å². The maximum Gasteiger partial charge on any atom is 0.257 e. The Morgan fingerprint density at radius 2 is 2.33 bits per heavy atom. The van der Waals surface area contributed by atoms with Gasteiger partial charge in [0.1, 0.15) is 0 Å². The smallest absolute Gasteiger partial charge is 0.257 e. The lowest BCUT2D eigenvalue weighted by Gasteiger charge is -2.37. The molecule has 0 saturated heterocycles. The number of nitrogens with zero attached hydrogens (tertiary/aromatic N) is 2. The van der Waals surface area contributed by atoms with Crippen molar-refractivity contribution in [1.29, 1.82) is 0 Å². The minimum absolute atomic E-state index is 0.0175. The van der Waals surface area contributed by atoms with Crippen molar-refractivity contribution in [2.75, 3.05) is 25.0 Å². The first-order valence-corrected chi connectivity index (χ1v) is 7.49. The van der Waals surface area contributed by atoms with Crippen LogP contribution in [0.15, 0.2) is 12.3 Å². The molecule has 1 aromatic rings. The Hall–Kier alpha value is -1.69. The van der Waals surface area contributed by atoms with Crippen LogP contribution in [0.1, 0.15) is 43.0 Å². The zero-order valence-electron chi connectivity index (χ0n) is 12.3. The van der Waals surface area contributed by atoms with Gasteiger partial charge in [-0.1, -0.05) is 6.92 Å². The van der Waals surface area contributed by atoms with E-state index in [0.29, 0.717) is 6.54 Å². The Kier molecular flexibility index (Phi) is 5.50. The molecule has 1 aliphatic carbocycles. The molecule has 1 amide bonds. The second kappa shape index (κ2) is 7.36. The molecule has 6 heteroatoms. The van der Waals surface area contributed by atoms with Gasteiger partial charge in [0.15, 0.2) is 11.6 Å². The third-order valence-electron chi connectivity index (χ3n) is 3.78. The fourth-order valence-corrected chi connectivity index (χ4v) is 2.39. The summed E-state index contributed by atoms with van der Waals surface area (Å²) < 4.78 is 14.4. The first kappa shape index (κ1) is 15.7. The first-order chi connectivity index (χ1) is 10.2. The average Bonchev–Trinajstić information content (AvgIpc) is 2.43. The van der Waals surface area contributed by atoms with Gasteiger partial charge in [0.2, 0.25) is 0 Å². The van der Waals surface area contributed by atoms with Crippen molar-refractivity contribution >= 4 is 11.7 Å². The normalized spacial score (nSPS) is 14.6. The van der Waals surface area contributed by atoms with Gasteiger partial charge < -0.3 is 15.3 Å². The van der Waals surface area contributed by atoms with Crippen molar-refractivity contribution in [1.82, 2.24) is 9.88 Å². The first-order valence-electron chi connectivity index (χ1n) is 7.49. The monoisotopic (exact) mass is 295 g/mol. The number of halogens is 1. The maximum absolute atomic E-state index is 14.4. The summed E-state index contributed by atoms with van der Waals surface area (Å²) >= 11 is 0. The zero-order chi connectivity index (χ0) is 15.2. The lowest BCUT2D eigenvalue weighted by molar-refractivity contribution is 0.0521. The van der Waals surface area contributed by atoms with Gasteiger partial charge in [-0.15, -0.1) is 0 Å². The zero-order valence-corrected chi connectivity index (χ0v) is 12.3. The largest absolute Gasteiger partial charge is 0.395 e. The molecule has 0 bridgehead atoms. The summed E-state index contributed by atoms with van der Waals surface area (Å²) in [5.74, 6) is -0.869. The second-order valence-corrected chi connectivity index (χ2v) is 5.25. The third-order valence-corrected chi connectivity index (χ3v) is 3.78. The van der Waals surface area contributed by atoms with Gasteiger partial charge in [-0.05, 0) is 31.7 Å². The molecule has 2 rings (SSSR count). The lowest BCUT2D eigenvalue weighted by Crippen LogP contribution is -2.46. The molecular formula is C15H22FN3O2. The van der Waals surface area contributed by atoms with Crippen molar-refractivity contribution in [2.45, 2.75) is 38.6 Å². The summed E-state index contributed by atoms with van der Waals surface area (Å²) in [6.07, 6.45) is 5.19. The molecule has 0 aliphatic heterocycles. The summed E-state index contributed by atoms with van der Waals surface area (Å²) in [6, 6.07) is 1.52. The van der Waals surface area contributed by atoms with Crippen LogP contribution >= 0.6 is 0 Å². The van der Waals surface area contributed by atoms with Crippen LogP contribution in [-0.2, 0) is 0 Å². The molecule has 1 aromatic heterocycles. The number of hydrogen-bond donors (Lipinski definition) is 2. The molecule has 116 valence electrons. The Labute approximate surface area is 124 Å². The van der Waals surface area contributed by atoms with E-state index in [1.807, 2.05) is 6.92 Å². The number of aliphatic hydroxyl groups excluding tert-OH is 1. The molecule has 2 N–H and O–H groups in total. The predicted octanol–water partition coefficient (Wildman–Crippen LogP) is 2.03. The van der Waals surface area contributed by atoms with E-state index in [1.165, 1.54) is 12.3 Å². The number of carbonyl (C=O) groups excluding carboxylic acids is 1. The van der Waals surface area contributed by atoms with E-state index in [4.69, 9.17) is 5.11 Å². The lowest BCUT2D eigenvalue weighted by atomic mass is 9.91. The van der Waals surface area contributed by atoms with Crippen LogP contribution < -0.4 is 5.32 Å². The quantitative estimate of drug-likeness (QED) is 0.808. The molecule has 1 fully saturated rings. The van der Waals surface area contributed by atoms with E-state index in [9.17, 15) is 9.18 Å². The molecule has 0 aromatic carbocycles. The van der Waals surface area contributed by atoms with E-state index in [-0.39, 0.29) is 36.5 Å². The molecule has 0 spiro atoms. The number of rotatable bonds is 7. The Morgan fingerprint density at radius 1 is 1.57 bits per heavy atom. The van der Waals surface area contributed by atoms with E-state index in [1.54, 1.807) is 4.90 Å². The van der Waals surface area contributed by atoms with Gasteiger partial charge in [0.25, 0.3) is 5.91 Å². The molecule has 0 radical (unpaired) electrons. The van der Waals surface area contributed by atoms with Gasteiger partial charge in [0, 0.05) is 25.3 Å². The van der Waals surface area contributed by atoms with Crippen molar-refractivity contribution in [3.05, 3.63) is 23.6 Å². The number of pyridine rings is 1. The Balaban J connectivity index is 2.20. The van der Waals surface area contributed by atoms with Gasteiger partial charge in [-0.2, -0.15) is 0 Å². The fourth-order valence-electron chi connectivity index (χ4n) is 2.39. The van der Waals surface area contributed by atoms with Crippen LogP contribution in [0.3, 0.4) is 0 Å². The number of nitrogens with one attached hydrogen (secondary N) is 1. The molecule has 0 unspecified atom stereocenters. The van der Waals surface area contributed by atoms with E-state index < -0.39 is 5.82 Å². The van der Waals surface area contributed by atoms with Crippen molar-refractivity contribution < 1.29 is 14.3 Å². The summed E-state index contributed by atoms with van der Waals surface area (Å²) in [4.78, 5) is 18.0. The highest BCUT2D eigenvalue weighted by molar-refractivity contribution is 5.95. The van der Waals surface area contributed by atoms with Gasteiger partial charge in [0.05, 0.1) is 12.2 Å². The average molecular weight is 295 g/mol. The molecule has 21 heavy (non-hydrogen) atoms. The standard InChI is InChI=1S/C15H22FN3O2/c1-2-7-17-14-13(16)12(6-8-18-14)15(21)19(9-10-20)11-4-3-5-11/h6,8,11,20H,2-5,7,9-10H2,1H3,(H,17,18). The molecular weight excluding hydrogens is 273 g/mol. The highest BCUT2D eigenvalue weighted by Crippen LogP contribution is 2.27. The number of aliphatic hydroxyl groups is 1. The highest BCUT2D eigenvalue weighted by atomic mass is 19.1. The van der Waals surface area contributed by atoms with Crippen molar-refractivity contribution in [3.63, 3.8) is 0 Å².